The molecule has 1 aromatic heterocycles. The quantitative estimate of drug-likeness (QED) is 0.863. The summed E-state index contributed by atoms with van der Waals surface area (Å²) in [6.07, 6.45) is 2.39. The minimum Gasteiger partial charge on any atom is -0.389 e. The van der Waals surface area contributed by atoms with Crippen LogP contribution in [0.1, 0.15) is 42.4 Å². The fraction of sp³-hybridized carbons (Fsp3) is 0.600. The van der Waals surface area contributed by atoms with Crippen LogP contribution in [0.5, 0.6) is 0 Å². The number of rotatable bonds is 3. The number of hydrogen-bond acceptors (Lipinski definition) is 6. The minimum atomic E-state index is -0.716. The summed E-state index contributed by atoms with van der Waals surface area (Å²) < 4.78 is 7.06. The highest BCUT2D eigenvalue weighted by Gasteiger charge is 2.46. The van der Waals surface area contributed by atoms with E-state index < -0.39 is 5.60 Å². The van der Waals surface area contributed by atoms with E-state index in [1.54, 1.807) is 4.68 Å². The molecular formula is C20H27N5O3. The summed E-state index contributed by atoms with van der Waals surface area (Å²) in [7, 11) is 0. The van der Waals surface area contributed by atoms with Crippen molar-refractivity contribution in [3.8, 4) is 5.69 Å². The zero-order valence-electron chi connectivity index (χ0n) is 16.4. The minimum absolute atomic E-state index is 0.0199. The summed E-state index contributed by atoms with van der Waals surface area (Å²) in [5.41, 5.74) is 0.652. The molecule has 0 bridgehead atoms. The van der Waals surface area contributed by atoms with Crippen LogP contribution in [0.15, 0.2) is 24.3 Å². The standard InChI is InChI=1S/C20H27N5O3/c1-14-13-24(9-8-20(14,27)17-6-10-28-11-7-17)19(26)16-4-3-5-18(12-16)25-15(2)21-22-23-25/h3-5,12,14,17,27H,6-11,13H2,1-2H3. The molecule has 4 rings (SSSR count). The maximum absolute atomic E-state index is 13.1. The molecule has 2 saturated heterocycles. The molecule has 3 heterocycles. The highest BCUT2D eigenvalue weighted by Crippen LogP contribution is 2.39. The van der Waals surface area contributed by atoms with Crippen molar-refractivity contribution in [1.29, 1.82) is 0 Å². The summed E-state index contributed by atoms with van der Waals surface area (Å²) in [5.74, 6) is 0.920. The first kappa shape index (κ1) is 19.0. The van der Waals surface area contributed by atoms with Crippen molar-refractivity contribution >= 4 is 5.91 Å². The van der Waals surface area contributed by atoms with Gasteiger partial charge in [-0.05, 0) is 60.7 Å². The van der Waals surface area contributed by atoms with Crippen LogP contribution in [-0.4, -0.2) is 68.0 Å². The monoisotopic (exact) mass is 385 g/mol. The van der Waals surface area contributed by atoms with Crippen LogP contribution in [0.2, 0.25) is 0 Å². The van der Waals surface area contributed by atoms with Crippen molar-refractivity contribution in [2.75, 3.05) is 26.3 Å². The van der Waals surface area contributed by atoms with Crippen LogP contribution in [-0.2, 0) is 4.74 Å². The van der Waals surface area contributed by atoms with E-state index >= 15 is 0 Å². The summed E-state index contributed by atoms with van der Waals surface area (Å²) in [6.45, 7) is 6.41. The SMILES string of the molecule is Cc1nnnn1-c1cccc(C(=O)N2CCC(O)(C3CCOCC3)C(C)C2)c1. The molecule has 2 aromatic rings. The molecule has 2 aliphatic heterocycles. The van der Waals surface area contributed by atoms with Gasteiger partial charge in [-0.2, -0.15) is 4.68 Å². The Labute approximate surface area is 164 Å². The lowest BCUT2D eigenvalue weighted by Gasteiger charge is -2.48. The Morgan fingerprint density at radius 2 is 2.11 bits per heavy atom. The van der Waals surface area contributed by atoms with Gasteiger partial charge in [0.1, 0.15) is 0 Å². The first-order valence-electron chi connectivity index (χ1n) is 9.94. The van der Waals surface area contributed by atoms with Gasteiger partial charge >= 0.3 is 0 Å². The predicted octanol–water partition coefficient (Wildman–Crippen LogP) is 1.61. The molecule has 1 amide bonds. The number of ether oxygens (including phenoxy) is 1. The van der Waals surface area contributed by atoms with Crippen LogP contribution in [0, 0.1) is 18.8 Å². The van der Waals surface area contributed by atoms with Gasteiger partial charge in [0.25, 0.3) is 5.91 Å². The smallest absolute Gasteiger partial charge is 0.253 e. The summed E-state index contributed by atoms with van der Waals surface area (Å²) >= 11 is 0. The molecule has 2 fully saturated rings. The van der Waals surface area contributed by atoms with Crippen LogP contribution < -0.4 is 0 Å². The van der Waals surface area contributed by atoms with Crippen molar-refractivity contribution < 1.29 is 14.6 Å². The molecule has 150 valence electrons. The first-order chi connectivity index (χ1) is 13.5. The van der Waals surface area contributed by atoms with E-state index in [1.807, 2.05) is 36.1 Å². The number of hydrogen-bond donors (Lipinski definition) is 1. The third-order valence-electron chi connectivity index (χ3n) is 6.31. The molecule has 2 atom stereocenters. The Balaban J connectivity index is 1.49. The molecule has 2 unspecified atom stereocenters. The second-order valence-electron chi connectivity index (χ2n) is 7.97. The van der Waals surface area contributed by atoms with Gasteiger partial charge < -0.3 is 14.7 Å². The number of tetrazole rings is 1. The van der Waals surface area contributed by atoms with Gasteiger partial charge in [0, 0.05) is 37.8 Å². The Hall–Kier alpha value is -2.32. The van der Waals surface area contributed by atoms with E-state index in [4.69, 9.17) is 4.74 Å². The van der Waals surface area contributed by atoms with Gasteiger partial charge in [0.05, 0.1) is 11.3 Å². The number of aryl methyl sites for hydroxylation is 1. The topological polar surface area (TPSA) is 93.4 Å². The zero-order valence-corrected chi connectivity index (χ0v) is 16.4. The molecule has 0 radical (unpaired) electrons. The van der Waals surface area contributed by atoms with Crippen molar-refractivity contribution in [3.63, 3.8) is 0 Å². The molecule has 0 aliphatic carbocycles. The summed E-state index contributed by atoms with van der Waals surface area (Å²) in [6, 6.07) is 7.35. The zero-order chi connectivity index (χ0) is 19.7. The Morgan fingerprint density at radius 3 is 2.79 bits per heavy atom. The Bertz CT molecular complexity index is 848. The van der Waals surface area contributed by atoms with Crippen molar-refractivity contribution in [2.24, 2.45) is 11.8 Å². The average Bonchev–Trinajstić information content (AvgIpc) is 3.16. The van der Waals surface area contributed by atoms with E-state index in [-0.39, 0.29) is 17.7 Å². The van der Waals surface area contributed by atoms with Gasteiger partial charge in [0.2, 0.25) is 0 Å². The van der Waals surface area contributed by atoms with Crippen LogP contribution in [0.25, 0.3) is 5.69 Å². The highest BCUT2D eigenvalue weighted by molar-refractivity contribution is 5.94. The Kier molecular flexibility index (Phi) is 5.16. The van der Waals surface area contributed by atoms with Gasteiger partial charge in [-0.1, -0.05) is 13.0 Å². The first-order valence-corrected chi connectivity index (χ1v) is 9.94. The van der Waals surface area contributed by atoms with E-state index in [0.29, 0.717) is 44.1 Å². The van der Waals surface area contributed by atoms with Crippen LogP contribution >= 0.6 is 0 Å². The lowest BCUT2D eigenvalue weighted by atomic mass is 9.70. The lowest BCUT2D eigenvalue weighted by molar-refractivity contribution is -0.125. The predicted molar refractivity (Wildman–Crippen MR) is 102 cm³/mol. The molecule has 28 heavy (non-hydrogen) atoms. The molecule has 0 saturated carbocycles. The number of aromatic nitrogens is 4. The molecule has 8 heteroatoms. The van der Waals surface area contributed by atoms with Crippen molar-refractivity contribution in [3.05, 3.63) is 35.7 Å². The molecule has 8 nitrogen and oxygen atoms in total. The van der Waals surface area contributed by atoms with E-state index in [2.05, 4.69) is 22.4 Å². The van der Waals surface area contributed by atoms with E-state index in [0.717, 1.165) is 18.5 Å². The van der Waals surface area contributed by atoms with Gasteiger partial charge in [-0.15, -0.1) is 5.10 Å². The van der Waals surface area contributed by atoms with Crippen LogP contribution in [0.4, 0.5) is 0 Å². The number of benzene rings is 1. The van der Waals surface area contributed by atoms with Crippen LogP contribution in [0.3, 0.4) is 0 Å². The van der Waals surface area contributed by atoms with E-state index in [9.17, 15) is 9.90 Å². The number of aliphatic hydroxyl groups is 1. The van der Waals surface area contributed by atoms with Gasteiger partial charge in [0.15, 0.2) is 5.82 Å². The summed E-state index contributed by atoms with van der Waals surface area (Å²) in [4.78, 5) is 15.0. The number of nitrogens with zero attached hydrogens (tertiary/aromatic N) is 5. The number of likely N-dealkylation sites (tertiary alicyclic amines) is 1. The average molecular weight is 385 g/mol. The molecule has 0 spiro atoms. The lowest BCUT2D eigenvalue weighted by Crippen LogP contribution is -2.56. The van der Waals surface area contributed by atoms with Gasteiger partial charge in [-0.25, -0.2) is 0 Å². The normalized spacial score (nSPS) is 26.4. The third-order valence-corrected chi connectivity index (χ3v) is 6.31. The Morgan fingerprint density at radius 1 is 1.32 bits per heavy atom. The van der Waals surface area contributed by atoms with Crippen molar-refractivity contribution in [2.45, 2.75) is 38.7 Å². The number of carbonyl (C=O) groups is 1. The second kappa shape index (κ2) is 7.60. The third kappa shape index (κ3) is 3.42. The fourth-order valence-corrected chi connectivity index (χ4v) is 4.55. The van der Waals surface area contributed by atoms with Crippen molar-refractivity contribution in [1.82, 2.24) is 25.1 Å². The highest BCUT2D eigenvalue weighted by atomic mass is 16.5. The van der Waals surface area contributed by atoms with Gasteiger partial charge in [-0.3, -0.25) is 4.79 Å². The molecule has 1 N–H and O–H groups in total. The number of carbonyl (C=O) groups excluding carboxylic acids is 1. The number of amides is 1. The molecular weight excluding hydrogens is 358 g/mol. The number of piperidine rings is 1. The second-order valence-corrected chi connectivity index (χ2v) is 7.97. The molecule has 2 aliphatic rings. The largest absolute Gasteiger partial charge is 0.389 e. The molecule has 1 aromatic carbocycles. The van der Waals surface area contributed by atoms with E-state index in [1.165, 1.54) is 0 Å². The summed E-state index contributed by atoms with van der Waals surface area (Å²) in [5, 5.41) is 22.8. The maximum Gasteiger partial charge on any atom is 0.253 e. The fourth-order valence-electron chi connectivity index (χ4n) is 4.55. The maximum atomic E-state index is 13.1.